The second-order valence-electron chi connectivity index (χ2n) is 4.74. The van der Waals surface area contributed by atoms with Crippen LogP contribution in [0.2, 0.25) is 0 Å². The van der Waals surface area contributed by atoms with E-state index in [0.29, 0.717) is 6.54 Å². The van der Waals surface area contributed by atoms with Crippen molar-refractivity contribution in [2.75, 3.05) is 0 Å². The van der Waals surface area contributed by atoms with Gasteiger partial charge in [0.1, 0.15) is 0 Å². The summed E-state index contributed by atoms with van der Waals surface area (Å²) in [6, 6.07) is 13.6. The molecule has 2 aromatic rings. The topological polar surface area (TPSA) is 12.0 Å². The molecule has 4 heteroatoms. The zero-order valence-corrected chi connectivity index (χ0v) is 11.2. The number of aryl methyl sites for hydroxylation is 1. The Hall–Kier alpha value is -1.81. The average molecular weight is 279 g/mol. The fourth-order valence-electron chi connectivity index (χ4n) is 2.00. The SMILES string of the molecule is Cc1ccc(CNCc2ccccc2C(F)(F)F)cc1. The summed E-state index contributed by atoms with van der Waals surface area (Å²) in [6.07, 6.45) is -4.30. The largest absolute Gasteiger partial charge is 0.416 e. The van der Waals surface area contributed by atoms with Crippen molar-refractivity contribution < 1.29 is 13.2 Å². The highest BCUT2D eigenvalue weighted by Crippen LogP contribution is 2.31. The predicted octanol–water partition coefficient (Wildman–Crippen LogP) is 4.30. The standard InChI is InChI=1S/C16H16F3N/c1-12-6-8-13(9-7-12)10-20-11-14-4-2-3-5-15(14)16(17,18)19/h2-9,20H,10-11H2,1H3. The first-order chi connectivity index (χ1) is 9.47. The van der Waals surface area contributed by atoms with E-state index in [9.17, 15) is 13.2 Å². The van der Waals surface area contributed by atoms with Crippen LogP contribution in [0.3, 0.4) is 0 Å². The van der Waals surface area contributed by atoms with E-state index in [2.05, 4.69) is 5.32 Å². The minimum absolute atomic E-state index is 0.198. The van der Waals surface area contributed by atoms with Gasteiger partial charge < -0.3 is 5.32 Å². The highest BCUT2D eigenvalue weighted by atomic mass is 19.4. The van der Waals surface area contributed by atoms with Gasteiger partial charge in [-0.15, -0.1) is 0 Å². The molecule has 0 unspecified atom stereocenters. The quantitative estimate of drug-likeness (QED) is 0.879. The zero-order valence-electron chi connectivity index (χ0n) is 11.2. The molecule has 106 valence electrons. The zero-order chi connectivity index (χ0) is 14.6. The van der Waals surface area contributed by atoms with Crippen molar-refractivity contribution in [3.05, 3.63) is 70.8 Å². The van der Waals surface area contributed by atoms with Gasteiger partial charge in [-0.1, -0.05) is 48.0 Å². The first kappa shape index (κ1) is 14.6. The highest BCUT2D eigenvalue weighted by molar-refractivity contribution is 5.29. The lowest BCUT2D eigenvalue weighted by Gasteiger charge is -2.13. The minimum Gasteiger partial charge on any atom is -0.309 e. The molecule has 0 amide bonds. The Kier molecular flexibility index (Phi) is 4.45. The molecule has 0 bridgehead atoms. The third-order valence-electron chi connectivity index (χ3n) is 3.09. The van der Waals surface area contributed by atoms with Gasteiger partial charge in [-0.05, 0) is 24.1 Å². The Bertz CT molecular complexity index is 559. The second kappa shape index (κ2) is 6.09. The van der Waals surface area contributed by atoms with E-state index in [0.717, 1.165) is 17.2 Å². The van der Waals surface area contributed by atoms with E-state index in [1.54, 1.807) is 6.07 Å². The van der Waals surface area contributed by atoms with E-state index in [-0.39, 0.29) is 12.1 Å². The molecule has 1 N–H and O–H groups in total. The van der Waals surface area contributed by atoms with Crippen LogP contribution in [0.25, 0.3) is 0 Å². The van der Waals surface area contributed by atoms with Gasteiger partial charge in [0.05, 0.1) is 5.56 Å². The molecule has 0 aliphatic heterocycles. The van der Waals surface area contributed by atoms with E-state index < -0.39 is 11.7 Å². The Labute approximate surface area is 116 Å². The number of hydrogen-bond acceptors (Lipinski definition) is 1. The molecule has 0 spiro atoms. The maximum Gasteiger partial charge on any atom is 0.416 e. The highest BCUT2D eigenvalue weighted by Gasteiger charge is 2.32. The van der Waals surface area contributed by atoms with Crippen molar-refractivity contribution in [2.45, 2.75) is 26.2 Å². The molecule has 0 aliphatic rings. The van der Waals surface area contributed by atoms with E-state index in [1.807, 2.05) is 31.2 Å². The van der Waals surface area contributed by atoms with Gasteiger partial charge in [-0.2, -0.15) is 13.2 Å². The lowest BCUT2D eigenvalue weighted by atomic mass is 10.1. The lowest BCUT2D eigenvalue weighted by molar-refractivity contribution is -0.138. The van der Waals surface area contributed by atoms with Crippen LogP contribution in [0.15, 0.2) is 48.5 Å². The van der Waals surface area contributed by atoms with Crippen LogP contribution < -0.4 is 5.32 Å². The van der Waals surface area contributed by atoms with Crippen LogP contribution in [0.4, 0.5) is 13.2 Å². The Morgan fingerprint density at radius 1 is 0.900 bits per heavy atom. The van der Waals surface area contributed by atoms with Crippen molar-refractivity contribution in [3.8, 4) is 0 Å². The Morgan fingerprint density at radius 3 is 2.20 bits per heavy atom. The smallest absolute Gasteiger partial charge is 0.309 e. The molecular weight excluding hydrogens is 263 g/mol. The van der Waals surface area contributed by atoms with E-state index in [4.69, 9.17) is 0 Å². The Balaban J connectivity index is 1.99. The summed E-state index contributed by atoms with van der Waals surface area (Å²) in [7, 11) is 0. The van der Waals surface area contributed by atoms with Gasteiger partial charge in [-0.25, -0.2) is 0 Å². The fourth-order valence-corrected chi connectivity index (χ4v) is 2.00. The maximum absolute atomic E-state index is 12.8. The summed E-state index contributed by atoms with van der Waals surface area (Å²) in [5.41, 5.74) is 1.92. The van der Waals surface area contributed by atoms with Crippen LogP contribution in [0, 0.1) is 6.92 Å². The number of hydrogen-bond donors (Lipinski definition) is 1. The first-order valence-corrected chi connectivity index (χ1v) is 6.38. The first-order valence-electron chi connectivity index (χ1n) is 6.38. The molecular formula is C16H16F3N. The molecule has 0 atom stereocenters. The van der Waals surface area contributed by atoms with Crippen molar-refractivity contribution >= 4 is 0 Å². The molecule has 0 saturated heterocycles. The summed E-state index contributed by atoms with van der Waals surface area (Å²) < 4.78 is 38.4. The fraction of sp³-hybridized carbons (Fsp3) is 0.250. The predicted molar refractivity (Wildman–Crippen MR) is 73.2 cm³/mol. The molecule has 0 aliphatic carbocycles. The van der Waals surface area contributed by atoms with Crippen molar-refractivity contribution in [1.82, 2.24) is 5.32 Å². The molecule has 0 saturated carbocycles. The third kappa shape index (κ3) is 3.84. The van der Waals surface area contributed by atoms with E-state index >= 15 is 0 Å². The summed E-state index contributed by atoms with van der Waals surface area (Å²) in [6.45, 7) is 2.74. The summed E-state index contributed by atoms with van der Waals surface area (Å²) in [4.78, 5) is 0. The van der Waals surface area contributed by atoms with Gasteiger partial charge in [-0.3, -0.25) is 0 Å². The van der Waals surface area contributed by atoms with Crippen molar-refractivity contribution in [3.63, 3.8) is 0 Å². The molecule has 0 aromatic heterocycles. The normalized spacial score (nSPS) is 11.6. The molecule has 20 heavy (non-hydrogen) atoms. The molecule has 0 heterocycles. The number of benzene rings is 2. The van der Waals surface area contributed by atoms with Crippen LogP contribution in [0.5, 0.6) is 0 Å². The number of nitrogens with one attached hydrogen (secondary N) is 1. The van der Waals surface area contributed by atoms with Crippen LogP contribution in [0.1, 0.15) is 22.3 Å². The maximum atomic E-state index is 12.8. The summed E-state index contributed by atoms with van der Waals surface area (Å²) in [5, 5.41) is 3.05. The van der Waals surface area contributed by atoms with Crippen LogP contribution >= 0.6 is 0 Å². The molecule has 2 rings (SSSR count). The molecule has 1 nitrogen and oxygen atoms in total. The van der Waals surface area contributed by atoms with E-state index in [1.165, 1.54) is 12.1 Å². The summed E-state index contributed by atoms with van der Waals surface area (Å²) >= 11 is 0. The minimum atomic E-state index is -4.30. The molecule has 2 aromatic carbocycles. The van der Waals surface area contributed by atoms with Gasteiger partial charge in [0.25, 0.3) is 0 Å². The number of rotatable bonds is 4. The molecule has 0 fully saturated rings. The van der Waals surface area contributed by atoms with Crippen molar-refractivity contribution in [2.24, 2.45) is 0 Å². The summed E-state index contributed by atoms with van der Waals surface area (Å²) in [5.74, 6) is 0. The van der Waals surface area contributed by atoms with Gasteiger partial charge >= 0.3 is 6.18 Å². The van der Waals surface area contributed by atoms with Gasteiger partial charge in [0.15, 0.2) is 0 Å². The number of alkyl halides is 3. The third-order valence-corrected chi connectivity index (χ3v) is 3.09. The Morgan fingerprint density at radius 2 is 1.55 bits per heavy atom. The van der Waals surface area contributed by atoms with Gasteiger partial charge in [0.2, 0.25) is 0 Å². The average Bonchev–Trinajstić information content (AvgIpc) is 2.40. The lowest BCUT2D eigenvalue weighted by Crippen LogP contribution is -2.17. The van der Waals surface area contributed by atoms with Crippen LogP contribution in [-0.4, -0.2) is 0 Å². The second-order valence-corrected chi connectivity index (χ2v) is 4.74. The monoisotopic (exact) mass is 279 g/mol. The van der Waals surface area contributed by atoms with Crippen LogP contribution in [-0.2, 0) is 19.3 Å². The van der Waals surface area contributed by atoms with Crippen molar-refractivity contribution in [1.29, 1.82) is 0 Å². The van der Waals surface area contributed by atoms with Gasteiger partial charge in [0, 0.05) is 13.1 Å². The number of halogens is 3. The molecule has 0 radical (unpaired) electrons.